The average molecular weight is 231 g/mol. The molecule has 3 atom stereocenters. The number of Topliss-reactive ketones (excluding diaryl/α,β-unsaturated/α-hetero) is 1. The minimum Gasteiger partial charge on any atom is -0.294 e. The van der Waals surface area contributed by atoms with Crippen molar-refractivity contribution < 1.29 is 4.79 Å². The molecular formula is C15H21NO. The molecule has 1 aliphatic carbocycles. The van der Waals surface area contributed by atoms with Crippen LogP contribution in [0, 0.1) is 24.7 Å². The second kappa shape index (κ2) is 4.99. The Kier molecular flexibility index (Phi) is 3.60. The minimum absolute atomic E-state index is 0.213. The largest absolute Gasteiger partial charge is 0.294 e. The van der Waals surface area contributed by atoms with E-state index < -0.39 is 0 Å². The molecule has 1 saturated carbocycles. The van der Waals surface area contributed by atoms with E-state index in [0.717, 1.165) is 29.9 Å². The molecule has 0 saturated heterocycles. The van der Waals surface area contributed by atoms with E-state index in [1.165, 1.54) is 6.42 Å². The molecule has 2 nitrogen and oxygen atoms in total. The van der Waals surface area contributed by atoms with Crippen LogP contribution < -0.4 is 0 Å². The lowest BCUT2D eigenvalue weighted by Crippen LogP contribution is -2.26. The number of hydrogen-bond donors (Lipinski definition) is 0. The van der Waals surface area contributed by atoms with Gasteiger partial charge in [0.25, 0.3) is 0 Å². The molecule has 1 aromatic rings. The number of aromatic nitrogens is 1. The van der Waals surface area contributed by atoms with Crippen molar-refractivity contribution in [3.8, 4) is 0 Å². The van der Waals surface area contributed by atoms with Gasteiger partial charge in [-0.2, -0.15) is 0 Å². The van der Waals surface area contributed by atoms with Crippen LogP contribution in [0.25, 0.3) is 0 Å². The van der Waals surface area contributed by atoms with Crippen LogP contribution in [0.5, 0.6) is 0 Å². The van der Waals surface area contributed by atoms with Gasteiger partial charge in [-0.3, -0.25) is 9.78 Å². The average Bonchev–Trinajstić information content (AvgIpc) is 2.32. The van der Waals surface area contributed by atoms with E-state index in [0.29, 0.717) is 11.7 Å². The van der Waals surface area contributed by atoms with E-state index in [4.69, 9.17) is 0 Å². The molecule has 1 aromatic heterocycles. The Bertz CT molecular complexity index is 413. The zero-order valence-corrected chi connectivity index (χ0v) is 10.9. The molecule has 92 valence electrons. The first-order valence-corrected chi connectivity index (χ1v) is 6.53. The maximum atomic E-state index is 12.4. The van der Waals surface area contributed by atoms with E-state index in [-0.39, 0.29) is 5.92 Å². The molecule has 0 bridgehead atoms. The zero-order valence-electron chi connectivity index (χ0n) is 10.9. The van der Waals surface area contributed by atoms with Crippen molar-refractivity contribution in [3.63, 3.8) is 0 Å². The maximum Gasteiger partial charge on any atom is 0.167 e. The number of ketones is 1. The number of nitrogens with zero attached hydrogens (tertiary/aromatic N) is 1. The number of rotatable bonds is 2. The number of carbonyl (C=O) groups excluding carboxylic acids is 1. The van der Waals surface area contributed by atoms with E-state index in [1.54, 1.807) is 12.4 Å². The van der Waals surface area contributed by atoms with Crippen molar-refractivity contribution in [1.82, 2.24) is 4.98 Å². The third kappa shape index (κ3) is 2.74. The van der Waals surface area contributed by atoms with Gasteiger partial charge in [0.15, 0.2) is 5.78 Å². The van der Waals surface area contributed by atoms with Gasteiger partial charge in [-0.1, -0.05) is 13.8 Å². The van der Waals surface area contributed by atoms with Gasteiger partial charge < -0.3 is 0 Å². The lowest BCUT2D eigenvalue weighted by Gasteiger charge is -2.31. The topological polar surface area (TPSA) is 30.0 Å². The molecular weight excluding hydrogens is 210 g/mol. The smallest absolute Gasteiger partial charge is 0.167 e. The van der Waals surface area contributed by atoms with Gasteiger partial charge in [-0.25, -0.2) is 0 Å². The molecule has 17 heavy (non-hydrogen) atoms. The SMILES string of the molecule is Cc1cncc(C(=O)C2CCC(C)C(C)C2)c1. The normalized spacial score (nSPS) is 29.0. The number of carbonyl (C=O) groups is 1. The highest BCUT2D eigenvalue weighted by Crippen LogP contribution is 2.34. The van der Waals surface area contributed by atoms with Crippen molar-refractivity contribution in [2.24, 2.45) is 17.8 Å². The lowest BCUT2D eigenvalue weighted by atomic mass is 9.73. The van der Waals surface area contributed by atoms with E-state index in [9.17, 15) is 4.79 Å². The molecule has 3 unspecified atom stereocenters. The third-order valence-corrected chi connectivity index (χ3v) is 4.13. The Morgan fingerprint density at radius 3 is 2.65 bits per heavy atom. The van der Waals surface area contributed by atoms with Crippen LogP contribution in [0.2, 0.25) is 0 Å². The molecule has 0 aromatic carbocycles. The molecule has 2 rings (SSSR count). The Balaban J connectivity index is 2.10. The van der Waals surface area contributed by atoms with Gasteiger partial charge in [0.1, 0.15) is 0 Å². The summed E-state index contributed by atoms with van der Waals surface area (Å²) in [6.45, 7) is 6.54. The van der Waals surface area contributed by atoms with Gasteiger partial charge in [0.2, 0.25) is 0 Å². The Labute approximate surface area is 103 Å². The first-order valence-electron chi connectivity index (χ1n) is 6.53. The standard InChI is InChI=1S/C15H21NO/c1-10-6-14(9-16-8-10)15(17)13-5-4-11(2)12(3)7-13/h6,8-9,11-13H,4-5,7H2,1-3H3. The Morgan fingerprint density at radius 2 is 2.00 bits per heavy atom. The lowest BCUT2D eigenvalue weighted by molar-refractivity contribution is 0.0837. The van der Waals surface area contributed by atoms with Crippen molar-refractivity contribution in [2.75, 3.05) is 0 Å². The fourth-order valence-electron chi connectivity index (χ4n) is 2.71. The fourth-order valence-corrected chi connectivity index (χ4v) is 2.71. The van der Waals surface area contributed by atoms with Gasteiger partial charge in [0.05, 0.1) is 0 Å². The monoisotopic (exact) mass is 231 g/mol. The summed E-state index contributed by atoms with van der Waals surface area (Å²) >= 11 is 0. The minimum atomic E-state index is 0.213. The predicted molar refractivity (Wildman–Crippen MR) is 69.0 cm³/mol. The molecule has 0 radical (unpaired) electrons. The summed E-state index contributed by atoms with van der Waals surface area (Å²) in [5.41, 5.74) is 1.85. The van der Waals surface area contributed by atoms with Crippen LogP contribution in [0.3, 0.4) is 0 Å². The van der Waals surface area contributed by atoms with Crippen molar-refractivity contribution in [2.45, 2.75) is 40.0 Å². The maximum absolute atomic E-state index is 12.4. The van der Waals surface area contributed by atoms with E-state index in [1.807, 2.05) is 13.0 Å². The summed E-state index contributed by atoms with van der Waals surface area (Å²) in [5.74, 6) is 1.93. The molecule has 0 N–H and O–H groups in total. The Morgan fingerprint density at radius 1 is 1.24 bits per heavy atom. The quantitative estimate of drug-likeness (QED) is 0.727. The Hall–Kier alpha value is -1.18. The first kappa shape index (κ1) is 12.3. The highest BCUT2D eigenvalue weighted by molar-refractivity contribution is 5.97. The second-order valence-electron chi connectivity index (χ2n) is 5.58. The van der Waals surface area contributed by atoms with Crippen LogP contribution in [0.4, 0.5) is 0 Å². The summed E-state index contributed by atoms with van der Waals surface area (Å²) in [6.07, 6.45) is 6.75. The molecule has 2 heteroatoms. The molecule has 0 aliphatic heterocycles. The van der Waals surface area contributed by atoms with Crippen LogP contribution in [0.15, 0.2) is 18.5 Å². The third-order valence-electron chi connectivity index (χ3n) is 4.13. The highest BCUT2D eigenvalue weighted by atomic mass is 16.1. The van der Waals surface area contributed by atoms with Crippen LogP contribution in [0.1, 0.15) is 49.0 Å². The number of hydrogen-bond acceptors (Lipinski definition) is 2. The van der Waals surface area contributed by atoms with Gasteiger partial charge >= 0.3 is 0 Å². The zero-order chi connectivity index (χ0) is 12.4. The summed E-state index contributed by atoms with van der Waals surface area (Å²) in [6, 6.07) is 1.96. The van der Waals surface area contributed by atoms with Crippen molar-refractivity contribution in [3.05, 3.63) is 29.6 Å². The van der Waals surface area contributed by atoms with Gasteiger partial charge in [-0.05, 0) is 49.7 Å². The molecule has 1 heterocycles. The predicted octanol–water partition coefficient (Wildman–Crippen LogP) is 3.65. The fraction of sp³-hybridized carbons (Fsp3) is 0.600. The van der Waals surface area contributed by atoms with Crippen LogP contribution in [-0.2, 0) is 0 Å². The van der Waals surface area contributed by atoms with Gasteiger partial charge in [-0.15, -0.1) is 0 Å². The highest BCUT2D eigenvalue weighted by Gasteiger charge is 2.29. The summed E-state index contributed by atoms with van der Waals surface area (Å²) in [4.78, 5) is 16.5. The summed E-state index contributed by atoms with van der Waals surface area (Å²) in [5, 5.41) is 0. The van der Waals surface area contributed by atoms with Crippen LogP contribution >= 0.6 is 0 Å². The van der Waals surface area contributed by atoms with Gasteiger partial charge in [0, 0.05) is 23.9 Å². The summed E-state index contributed by atoms with van der Waals surface area (Å²) < 4.78 is 0. The second-order valence-corrected chi connectivity index (χ2v) is 5.58. The van der Waals surface area contributed by atoms with Crippen molar-refractivity contribution >= 4 is 5.78 Å². The van der Waals surface area contributed by atoms with E-state index >= 15 is 0 Å². The number of pyridine rings is 1. The van der Waals surface area contributed by atoms with Crippen molar-refractivity contribution in [1.29, 1.82) is 0 Å². The molecule has 0 spiro atoms. The van der Waals surface area contributed by atoms with E-state index in [2.05, 4.69) is 18.8 Å². The first-order chi connectivity index (χ1) is 8.08. The molecule has 0 amide bonds. The molecule has 1 aliphatic rings. The van der Waals surface area contributed by atoms with Crippen LogP contribution in [-0.4, -0.2) is 10.8 Å². The molecule has 1 fully saturated rings. The number of aryl methyl sites for hydroxylation is 1. The summed E-state index contributed by atoms with van der Waals surface area (Å²) in [7, 11) is 0.